The average molecular weight is 300 g/mol. The van der Waals surface area contributed by atoms with Crippen LogP contribution in [-0.2, 0) is 6.54 Å². The van der Waals surface area contributed by atoms with Crippen molar-refractivity contribution in [2.24, 2.45) is 0 Å². The lowest BCUT2D eigenvalue weighted by atomic mass is 9.97. The Hall–Kier alpha value is -1.68. The Morgan fingerprint density at radius 3 is 2.68 bits per heavy atom. The van der Waals surface area contributed by atoms with E-state index in [9.17, 15) is 4.79 Å². The first-order valence-corrected chi connectivity index (χ1v) is 8.55. The number of aryl methyl sites for hydroxylation is 1. The van der Waals surface area contributed by atoms with Gasteiger partial charge in [-0.3, -0.25) is 9.20 Å². The molecule has 0 bridgehead atoms. The molecule has 2 N–H and O–H groups in total. The van der Waals surface area contributed by atoms with E-state index in [1.54, 1.807) is 10.5 Å². The Morgan fingerprint density at radius 1 is 1.18 bits per heavy atom. The van der Waals surface area contributed by atoms with Crippen molar-refractivity contribution < 1.29 is 5.32 Å². The first kappa shape index (κ1) is 15.2. The molecule has 0 radical (unpaired) electrons. The molecule has 1 aliphatic rings. The van der Waals surface area contributed by atoms with Crippen LogP contribution in [0.2, 0.25) is 0 Å². The fraction of sp³-hybridized carbons (Fsp3) is 0.556. The minimum atomic E-state index is 0.0229. The highest BCUT2D eigenvalue weighted by Crippen LogP contribution is 2.15. The molecule has 0 amide bonds. The summed E-state index contributed by atoms with van der Waals surface area (Å²) in [7, 11) is 0. The van der Waals surface area contributed by atoms with Crippen molar-refractivity contribution in [2.75, 3.05) is 0 Å². The van der Waals surface area contributed by atoms with Crippen LogP contribution in [-0.4, -0.2) is 15.4 Å². The summed E-state index contributed by atoms with van der Waals surface area (Å²) in [6, 6.07) is 6.31. The highest BCUT2D eigenvalue weighted by Gasteiger charge is 2.14. The van der Waals surface area contributed by atoms with E-state index in [2.05, 4.69) is 10.3 Å². The highest BCUT2D eigenvalue weighted by molar-refractivity contribution is 5.39. The summed E-state index contributed by atoms with van der Waals surface area (Å²) in [6.45, 7) is 2.80. The van der Waals surface area contributed by atoms with Crippen LogP contribution in [0.5, 0.6) is 0 Å². The lowest BCUT2D eigenvalue weighted by Crippen LogP contribution is -2.88. The summed E-state index contributed by atoms with van der Waals surface area (Å²) in [5, 5.41) is 2.39. The summed E-state index contributed by atoms with van der Waals surface area (Å²) in [5.74, 6) is 0. The molecule has 2 aromatic rings. The lowest BCUT2D eigenvalue weighted by molar-refractivity contribution is -0.706. The zero-order chi connectivity index (χ0) is 15.4. The standard InChI is InChI=1S/C18H25N3O/c1-14-9-10-17-20-16(11-18(22)21(17)13-14)12-19-15-7-5-3-2-4-6-8-15/h9-11,13,15,19H,2-8,12H2,1H3/p+1. The molecule has 0 aromatic carbocycles. The quantitative estimate of drug-likeness (QED) is 0.944. The Morgan fingerprint density at radius 2 is 1.91 bits per heavy atom. The Labute approximate surface area is 131 Å². The van der Waals surface area contributed by atoms with Crippen molar-refractivity contribution >= 4 is 5.65 Å². The third kappa shape index (κ3) is 3.74. The van der Waals surface area contributed by atoms with Crippen LogP contribution in [0.25, 0.3) is 5.65 Å². The Kier molecular flexibility index (Phi) is 4.88. The fourth-order valence-corrected chi connectivity index (χ4v) is 3.37. The van der Waals surface area contributed by atoms with Crippen LogP contribution in [0, 0.1) is 6.92 Å². The topological polar surface area (TPSA) is 51.0 Å². The van der Waals surface area contributed by atoms with Crippen LogP contribution in [0.3, 0.4) is 0 Å². The van der Waals surface area contributed by atoms with Gasteiger partial charge in [-0.25, -0.2) is 4.98 Å². The number of fused-ring (bicyclic) bond motifs is 1. The molecule has 1 fully saturated rings. The maximum Gasteiger partial charge on any atom is 0.258 e. The summed E-state index contributed by atoms with van der Waals surface area (Å²) in [5.41, 5.74) is 2.75. The van der Waals surface area contributed by atoms with Gasteiger partial charge in [-0.1, -0.05) is 25.3 Å². The van der Waals surface area contributed by atoms with Gasteiger partial charge in [-0.05, 0) is 44.2 Å². The molecule has 3 rings (SSSR count). The summed E-state index contributed by atoms with van der Waals surface area (Å²) in [6.07, 6.45) is 11.3. The van der Waals surface area contributed by atoms with Gasteiger partial charge in [-0.15, -0.1) is 0 Å². The molecule has 0 aliphatic heterocycles. The van der Waals surface area contributed by atoms with E-state index in [4.69, 9.17) is 0 Å². The van der Waals surface area contributed by atoms with Crippen molar-refractivity contribution in [3.05, 3.63) is 46.0 Å². The van der Waals surface area contributed by atoms with Crippen molar-refractivity contribution in [1.29, 1.82) is 0 Å². The first-order valence-electron chi connectivity index (χ1n) is 8.55. The Bertz CT molecular complexity index is 684. The van der Waals surface area contributed by atoms with E-state index in [-0.39, 0.29) is 5.56 Å². The van der Waals surface area contributed by atoms with Crippen LogP contribution in [0.15, 0.2) is 29.2 Å². The number of nitrogens with zero attached hydrogens (tertiary/aromatic N) is 2. The summed E-state index contributed by atoms with van der Waals surface area (Å²) in [4.78, 5) is 16.8. The molecule has 1 aliphatic carbocycles. The summed E-state index contributed by atoms with van der Waals surface area (Å²) >= 11 is 0. The number of hydrogen-bond donors (Lipinski definition) is 1. The monoisotopic (exact) mass is 300 g/mol. The molecule has 2 heterocycles. The molecule has 2 aromatic heterocycles. The molecular formula is C18H26N3O+. The first-order chi connectivity index (χ1) is 10.7. The van der Waals surface area contributed by atoms with Crippen molar-refractivity contribution in [3.63, 3.8) is 0 Å². The van der Waals surface area contributed by atoms with Gasteiger partial charge in [0.25, 0.3) is 5.56 Å². The molecule has 0 atom stereocenters. The highest BCUT2D eigenvalue weighted by atomic mass is 16.1. The second-order valence-corrected chi connectivity index (χ2v) is 6.57. The SMILES string of the molecule is Cc1ccc2nc(C[NH2+]C3CCCCCCC3)cc(=O)n2c1. The smallest absolute Gasteiger partial charge is 0.258 e. The maximum atomic E-state index is 12.2. The normalized spacial score (nSPS) is 17.3. The van der Waals surface area contributed by atoms with E-state index in [0.717, 1.165) is 23.4 Å². The van der Waals surface area contributed by atoms with Gasteiger partial charge in [0.2, 0.25) is 0 Å². The lowest BCUT2D eigenvalue weighted by Gasteiger charge is -2.18. The van der Waals surface area contributed by atoms with Gasteiger partial charge >= 0.3 is 0 Å². The minimum Gasteiger partial charge on any atom is -0.339 e. The summed E-state index contributed by atoms with van der Waals surface area (Å²) < 4.78 is 1.63. The minimum absolute atomic E-state index is 0.0229. The van der Waals surface area contributed by atoms with E-state index >= 15 is 0 Å². The van der Waals surface area contributed by atoms with Crippen LogP contribution < -0.4 is 10.9 Å². The van der Waals surface area contributed by atoms with E-state index in [0.29, 0.717) is 6.04 Å². The fourth-order valence-electron chi connectivity index (χ4n) is 3.37. The van der Waals surface area contributed by atoms with Crippen LogP contribution in [0.1, 0.15) is 56.2 Å². The van der Waals surface area contributed by atoms with E-state index in [1.165, 1.54) is 44.9 Å². The zero-order valence-electron chi connectivity index (χ0n) is 13.4. The number of quaternary nitrogens is 1. The molecule has 0 saturated heterocycles. The molecule has 0 unspecified atom stereocenters. The van der Waals surface area contributed by atoms with E-state index in [1.807, 2.05) is 25.3 Å². The Balaban J connectivity index is 1.71. The van der Waals surface area contributed by atoms with Gasteiger partial charge in [-0.2, -0.15) is 0 Å². The van der Waals surface area contributed by atoms with Gasteiger partial charge in [0.1, 0.15) is 17.9 Å². The van der Waals surface area contributed by atoms with Gasteiger partial charge in [0.05, 0.1) is 6.04 Å². The second kappa shape index (κ2) is 7.05. The molecule has 4 nitrogen and oxygen atoms in total. The number of rotatable bonds is 3. The average Bonchev–Trinajstić information content (AvgIpc) is 2.47. The molecule has 4 heteroatoms. The number of nitrogens with two attached hydrogens (primary N) is 1. The van der Waals surface area contributed by atoms with Gasteiger partial charge in [0, 0.05) is 12.3 Å². The molecule has 1 saturated carbocycles. The number of pyridine rings is 1. The largest absolute Gasteiger partial charge is 0.339 e. The molecule has 118 valence electrons. The second-order valence-electron chi connectivity index (χ2n) is 6.57. The third-order valence-corrected chi connectivity index (χ3v) is 4.67. The molecule has 22 heavy (non-hydrogen) atoms. The van der Waals surface area contributed by atoms with Gasteiger partial charge < -0.3 is 5.32 Å². The molecular weight excluding hydrogens is 274 g/mol. The van der Waals surface area contributed by atoms with Crippen molar-refractivity contribution in [2.45, 2.75) is 64.5 Å². The zero-order valence-corrected chi connectivity index (χ0v) is 13.4. The van der Waals surface area contributed by atoms with E-state index < -0.39 is 0 Å². The maximum absolute atomic E-state index is 12.2. The van der Waals surface area contributed by atoms with Crippen LogP contribution in [0.4, 0.5) is 0 Å². The van der Waals surface area contributed by atoms with Crippen molar-refractivity contribution in [3.8, 4) is 0 Å². The van der Waals surface area contributed by atoms with Gasteiger partial charge in [0.15, 0.2) is 0 Å². The third-order valence-electron chi connectivity index (χ3n) is 4.67. The van der Waals surface area contributed by atoms with Crippen LogP contribution >= 0.6 is 0 Å². The van der Waals surface area contributed by atoms with Crippen molar-refractivity contribution in [1.82, 2.24) is 9.38 Å². The predicted molar refractivity (Wildman–Crippen MR) is 87.9 cm³/mol. The number of hydrogen-bond acceptors (Lipinski definition) is 2. The predicted octanol–water partition coefficient (Wildman–Crippen LogP) is 2.18. The number of aromatic nitrogens is 2. The molecule has 0 spiro atoms.